The summed E-state index contributed by atoms with van der Waals surface area (Å²) in [6, 6.07) is 25.7. The molecule has 1 atom stereocenters. The van der Waals surface area contributed by atoms with E-state index in [0.717, 1.165) is 37.2 Å². The molecule has 0 spiro atoms. The predicted octanol–water partition coefficient (Wildman–Crippen LogP) is 5.51. The van der Waals surface area contributed by atoms with Gasteiger partial charge < -0.3 is 15.5 Å². The maximum Gasteiger partial charge on any atom is 0.248 e. The molecular formula is C29H31N3O. The smallest absolute Gasteiger partial charge is 0.248 e. The molecule has 33 heavy (non-hydrogen) atoms. The summed E-state index contributed by atoms with van der Waals surface area (Å²) >= 11 is 0. The summed E-state index contributed by atoms with van der Waals surface area (Å²) in [7, 11) is 2.19. The van der Waals surface area contributed by atoms with Gasteiger partial charge in [0, 0.05) is 30.9 Å². The topological polar surface area (TPSA) is 49.6 Å². The number of anilines is 1. The van der Waals surface area contributed by atoms with Crippen LogP contribution in [-0.2, 0) is 0 Å². The van der Waals surface area contributed by atoms with E-state index in [4.69, 9.17) is 5.73 Å². The molecule has 2 aliphatic heterocycles. The lowest BCUT2D eigenvalue weighted by molar-refractivity contribution is 0.100. The molecule has 5 rings (SSSR count). The van der Waals surface area contributed by atoms with Crippen LogP contribution in [0.3, 0.4) is 0 Å². The molecule has 4 heteroatoms. The van der Waals surface area contributed by atoms with Gasteiger partial charge in [-0.15, -0.1) is 0 Å². The van der Waals surface area contributed by atoms with Crippen LogP contribution in [0.5, 0.6) is 0 Å². The highest BCUT2D eigenvalue weighted by Crippen LogP contribution is 2.40. The van der Waals surface area contributed by atoms with Crippen molar-refractivity contribution in [3.8, 4) is 11.1 Å². The van der Waals surface area contributed by atoms with Gasteiger partial charge in [-0.3, -0.25) is 4.79 Å². The van der Waals surface area contributed by atoms with Crippen LogP contribution in [0.4, 0.5) is 5.69 Å². The number of hydrogen-bond acceptors (Lipinski definition) is 3. The van der Waals surface area contributed by atoms with E-state index < -0.39 is 5.91 Å². The number of rotatable bonds is 5. The molecule has 1 amide bonds. The number of carbonyl (C=O) groups is 1. The lowest BCUT2D eigenvalue weighted by Crippen LogP contribution is -2.25. The lowest BCUT2D eigenvalue weighted by Gasteiger charge is -2.30. The van der Waals surface area contributed by atoms with Crippen LogP contribution in [0.25, 0.3) is 16.7 Å². The van der Waals surface area contributed by atoms with Gasteiger partial charge in [-0.25, -0.2) is 0 Å². The molecule has 0 unspecified atom stereocenters. The first kappa shape index (κ1) is 21.5. The van der Waals surface area contributed by atoms with Gasteiger partial charge in [-0.2, -0.15) is 0 Å². The van der Waals surface area contributed by atoms with Crippen molar-refractivity contribution >= 4 is 17.2 Å². The number of benzene rings is 3. The summed E-state index contributed by atoms with van der Waals surface area (Å²) in [5.41, 5.74) is 13.8. The zero-order valence-corrected chi connectivity index (χ0v) is 19.2. The van der Waals surface area contributed by atoms with Crippen molar-refractivity contribution in [1.29, 1.82) is 0 Å². The van der Waals surface area contributed by atoms with Gasteiger partial charge in [0.05, 0.1) is 6.04 Å². The van der Waals surface area contributed by atoms with Crippen LogP contribution in [0, 0.1) is 0 Å². The van der Waals surface area contributed by atoms with Gasteiger partial charge in [-0.05, 0) is 78.4 Å². The Hall–Kier alpha value is -3.37. The van der Waals surface area contributed by atoms with Crippen molar-refractivity contribution < 1.29 is 4.79 Å². The van der Waals surface area contributed by atoms with Crippen LogP contribution < -0.4 is 10.6 Å². The Morgan fingerprint density at radius 1 is 0.909 bits per heavy atom. The molecule has 2 aliphatic rings. The number of nitrogens with zero attached hydrogens (tertiary/aromatic N) is 2. The highest BCUT2D eigenvalue weighted by atomic mass is 16.1. The highest BCUT2D eigenvalue weighted by molar-refractivity contribution is 5.93. The fourth-order valence-electron chi connectivity index (χ4n) is 5.17. The third-order valence-corrected chi connectivity index (χ3v) is 7.03. The number of hydrogen-bond donors (Lipinski definition) is 1. The monoisotopic (exact) mass is 437 g/mol. The molecule has 168 valence electrons. The second-order valence-electron chi connectivity index (χ2n) is 9.17. The van der Waals surface area contributed by atoms with E-state index in [-0.39, 0.29) is 0 Å². The standard InChI is InChI=1S/C29H31N3O/c1-31-19-16-23(17-20-31)26-5-2-3-6-27(26)28-7-4-18-32(28)25-14-12-22(13-15-25)21-8-10-24(11-9-21)29(30)33/h2-3,5-6,8-16,28H,4,7,17-20H2,1H3,(H2,30,33)/t28-/m1/s1. The first-order valence-corrected chi connectivity index (χ1v) is 11.8. The molecule has 2 N–H and O–H groups in total. The van der Waals surface area contributed by atoms with Gasteiger partial charge in [0.25, 0.3) is 0 Å². The highest BCUT2D eigenvalue weighted by Gasteiger charge is 2.28. The van der Waals surface area contributed by atoms with Crippen molar-refractivity contribution in [3.05, 3.63) is 95.6 Å². The predicted molar refractivity (Wildman–Crippen MR) is 136 cm³/mol. The van der Waals surface area contributed by atoms with Crippen molar-refractivity contribution in [2.45, 2.75) is 25.3 Å². The molecule has 2 heterocycles. The summed E-state index contributed by atoms with van der Waals surface area (Å²) in [6.07, 6.45) is 5.90. The molecule has 3 aromatic carbocycles. The summed E-state index contributed by atoms with van der Waals surface area (Å²) in [5, 5.41) is 0. The zero-order chi connectivity index (χ0) is 22.8. The second kappa shape index (κ2) is 9.24. The summed E-state index contributed by atoms with van der Waals surface area (Å²) in [5.74, 6) is -0.395. The van der Waals surface area contributed by atoms with Crippen molar-refractivity contribution in [1.82, 2.24) is 4.90 Å². The zero-order valence-electron chi connectivity index (χ0n) is 19.2. The molecule has 0 radical (unpaired) electrons. The number of carbonyl (C=O) groups excluding carboxylic acids is 1. The largest absolute Gasteiger partial charge is 0.366 e. The molecule has 0 saturated carbocycles. The van der Waals surface area contributed by atoms with E-state index in [1.807, 2.05) is 12.1 Å². The first-order valence-electron chi connectivity index (χ1n) is 11.8. The Morgan fingerprint density at radius 3 is 2.27 bits per heavy atom. The summed E-state index contributed by atoms with van der Waals surface area (Å²) in [4.78, 5) is 16.3. The van der Waals surface area contributed by atoms with E-state index in [1.165, 1.54) is 35.2 Å². The quantitative estimate of drug-likeness (QED) is 0.572. The van der Waals surface area contributed by atoms with E-state index in [0.29, 0.717) is 11.6 Å². The minimum atomic E-state index is -0.395. The van der Waals surface area contributed by atoms with E-state index >= 15 is 0 Å². The fourth-order valence-corrected chi connectivity index (χ4v) is 5.17. The second-order valence-corrected chi connectivity index (χ2v) is 9.17. The minimum Gasteiger partial charge on any atom is -0.366 e. The third kappa shape index (κ3) is 4.44. The number of nitrogens with two attached hydrogens (primary N) is 1. The Morgan fingerprint density at radius 2 is 1.61 bits per heavy atom. The first-order chi connectivity index (χ1) is 16.1. The molecule has 3 aromatic rings. The molecule has 0 aliphatic carbocycles. The third-order valence-electron chi connectivity index (χ3n) is 7.03. The van der Waals surface area contributed by atoms with Crippen LogP contribution in [0.1, 0.15) is 46.8 Å². The molecule has 1 saturated heterocycles. The average molecular weight is 438 g/mol. The van der Waals surface area contributed by atoms with E-state index in [2.05, 4.69) is 71.5 Å². The van der Waals surface area contributed by atoms with Crippen molar-refractivity contribution in [2.24, 2.45) is 5.73 Å². The van der Waals surface area contributed by atoms with Gasteiger partial charge in [0.1, 0.15) is 0 Å². The lowest BCUT2D eigenvalue weighted by atomic mass is 9.90. The Bertz CT molecular complexity index is 1160. The Labute approximate surface area is 196 Å². The van der Waals surface area contributed by atoms with Gasteiger partial charge >= 0.3 is 0 Å². The van der Waals surface area contributed by atoms with Crippen LogP contribution in [-0.4, -0.2) is 37.5 Å². The Kier molecular flexibility index (Phi) is 6.01. The molecule has 4 nitrogen and oxygen atoms in total. The van der Waals surface area contributed by atoms with Crippen molar-refractivity contribution in [2.75, 3.05) is 31.6 Å². The number of amides is 1. The van der Waals surface area contributed by atoms with Gasteiger partial charge in [-0.1, -0.05) is 54.6 Å². The van der Waals surface area contributed by atoms with Crippen LogP contribution in [0.2, 0.25) is 0 Å². The number of likely N-dealkylation sites (N-methyl/N-ethyl adjacent to an activating group) is 1. The molecular weight excluding hydrogens is 406 g/mol. The maximum absolute atomic E-state index is 11.3. The van der Waals surface area contributed by atoms with Gasteiger partial charge in [0.15, 0.2) is 0 Å². The summed E-state index contributed by atoms with van der Waals surface area (Å²) in [6.45, 7) is 3.23. The molecule has 0 aromatic heterocycles. The van der Waals surface area contributed by atoms with Crippen LogP contribution >= 0.6 is 0 Å². The average Bonchev–Trinajstić information content (AvgIpc) is 3.35. The number of primary amides is 1. The molecule has 0 bridgehead atoms. The van der Waals surface area contributed by atoms with E-state index in [1.54, 1.807) is 12.1 Å². The summed E-state index contributed by atoms with van der Waals surface area (Å²) < 4.78 is 0. The van der Waals surface area contributed by atoms with Gasteiger partial charge in [0.2, 0.25) is 5.91 Å². The SMILES string of the molecule is CN1CC=C(c2ccccc2[C@H]2CCCN2c2ccc(-c3ccc(C(N)=O)cc3)cc2)CC1. The maximum atomic E-state index is 11.3. The normalized spacial score (nSPS) is 18.9. The molecule has 1 fully saturated rings. The van der Waals surface area contributed by atoms with Crippen molar-refractivity contribution in [3.63, 3.8) is 0 Å². The minimum absolute atomic E-state index is 0.395. The fraction of sp³-hybridized carbons (Fsp3) is 0.276. The van der Waals surface area contributed by atoms with Crippen LogP contribution in [0.15, 0.2) is 78.9 Å². The Balaban J connectivity index is 1.40. The van der Waals surface area contributed by atoms with E-state index in [9.17, 15) is 4.79 Å².